The van der Waals surface area contributed by atoms with Crippen LogP contribution in [0.4, 0.5) is 0 Å². The standard InChI is InChI=1S/C49H70N2O7S/c1-7-27-51(45(54)26-19-34-15-9-10-16-34)44-33-42(50-58-48(3,4)5)40-31-35(17-11-13-28-52)39(18-12-14-29-53)46-41-32-37(56-36-20-23-38(59-6)24-21-36)22-25-43(41)57-49(44,47(40)46)55-30-8-2/h8,20-25,31-32,34-35,39,44,46-47,52-53H,2,7,9-19,26-30,33H2,1,3-6H3/t35-,39+,44-,46+,47+,49+/m0/s1. The number of aliphatic hydroxyl groups is 2. The van der Waals surface area contributed by atoms with Gasteiger partial charge in [-0.15, -0.1) is 18.3 Å². The molecular formula is C49H70N2O7S. The zero-order chi connectivity index (χ0) is 42.0. The fourth-order valence-corrected chi connectivity index (χ4v) is 10.6. The minimum atomic E-state index is -1.25. The largest absolute Gasteiger partial charge is 0.459 e. The molecule has 324 valence electrons. The lowest BCUT2D eigenvalue weighted by atomic mass is 9.55. The van der Waals surface area contributed by atoms with E-state index in [-0.39, 0.29) is 49.4 Å². The number of unbranched alkanes of at least 4 members (excludes halogenated alkanes) is 2. The van der Waals surface area contributed by atoms with E-state index in [0.29, 0.717) is 31.7 Å². The maximum Gasteiger partial charge on any atom is 0.239 e. The highest BCUT2D eigenvalue weighted by Crippen LogP contribution is 2.62. The molecule has 59 heavy (non-hydrogen) atoms. The molecule has 0 radical (unpaired) electrons. The normalized spacial score (nSPS) is 25.8. The van der Waals surface area contributed by atoms with Crippen LogP contribution < -0.4 is 9.47 Å². The average Bonchev–Trinajstić information content (AvgIpc) is 3.76. The average molecular weight is 831 g/mol. The van der Waals surface area contributed by atoms with Gasteiger partial charge < -0.3 is 34.2 Å². The lowest BCUT2D eigenvalue weighted by Gasteiger charge is -2.60. The van der Waals surface area contributed by atoms with Crippen molar-refractivity contribution in [3.05, 3.63) is 72.3 Å². The van der Waals surface area contributed by atoms with Crippen LogP contribution in [-0.2, 0) is 14.4 Å². The van der Waals surface area contributed by atoms with Crippen molar-refractivity contribution in [3.8, 4) is 17.2 Å². The van der Waals surface area contributed by atoms with Crippen molar-refractivity contribution in [3.63, 3.8) is 0 Å². The van der Waals surface area contributed by atoms with Gasteiger partial charge in [0.2, 0.25) is 11.7 Å². The molecule has 6 rings (SSSR count). The maximum absolute atomic E-state index is 14.7. The summed E-state index contributed by atoms with van der Waals surface area (Å²) in [5.74, 6) is 1.52. The molecule has 3 aliphatic carbocycles. The van der Waals surface area contributed by atoms with E-state index in [2.05, 4.69) is 48.9 Å². The van der Waals surface area contributed by atoms with E-state index in [1.165, 1.54) is 30.6 Å². The van der Waals surface area contributed by atoms with Crippen LogP contribution in [0.1, 0.15) is 129 Å². The Morgan fingerprint density at radius 1 is 1.02 bits per heavy atom. The monoisotopic (exact) mass is 830 g/mol. The SMILES string of the molecule is C=CCO[C@@]12Oc3ccc(Oc4ccc(SC)cc4)cc3[C@H]3[C@H](CCCCO)[C@@H](CCCCO)C=C(C(=NOC(C)(C)C)C[C@@H]1N(CCC)C(=O)CCC1CCCC1)[C@H]32. The van der Waals surface area contributed by atoms with Crippen molar-refractivity contribution in [1.82, 2.24) is 4.90 Å². The number of fused-ring (bicyclic) bond motifs is 2. The number of oxime groups is 1. The number of allylic oxidation sites excluding steroid dienone is 1. The van der Waals surface area contributed by atoms with E-state index in [1.807, 2.05) is 45.0 Å². The first-order valence-corrected chi connectivity index (χ1v) is 23.7. The highest BCUT2D eigenvalue weighted by molar-refractivity contribution is 7.98. The molecule has 2 aromatic rings. The predicted molar refractivity (Wildman–Crippen MR) is 237 cm³/mol. The summed E-state index contributed by atoms with van der Waals surface area (Å²) in [6.45, 7) is 13.3. The minimum Gasteiger partial charge on any atom is -0.459 e. The summed E-state index contributed by atoms with van der Waals surface area (Å²) in [6.07, 6.45) is 18.7. The Bertz CT molecular complexity index is 1750. The van der Waals surface area contributed by atoms with Crippen molar-refractivity contribution in [2.45, 2.75) is 146 Å². The lowest BCUT2D eigenvalue weighted by Crippen LogP contribution is -2.70. The van der Waals surface area contributed by atoms with Gasteiger partial charge in [-0.1, -0.05) is 62.8 Å². The molecule has 2 N–H and O–H groups in total. The van der Waals surface area contributed by atoms with Crippen LogP contribution in [0.25, 0.3) is 0 Å². The summed E-state index contributed by atoms with van der Waals surface area (Å²) < 4.78 is 21.1. The van der Waals surface area contributed by atoms with Gasteiger partial charge in [0, 0.05) is 49.0 Å². The van der Waals surface area contributed by atoms with Crippen molar-refractivity contribution in [1.29, 1.82) is 0 Å². The van der Waals surface area contributed by atoms with E-state index >= 15 is 0 Å². The third-order valence-electron chi connectivity index (χ3n) is 12.8. The fraction of sp³-hybridized carbons (Fsp3) is 0.633. The third-order valence-corrected chi connectivity index (χ3v) is 13.5. The quantitative estimate of drug-likeness (QED) is 0.0554. The van der Waals surface area contributed by atoms with Crippen LogP contribution in [0.2, 0.25) is 0 Å². The molecule has 0 unspecified atom stereocenters. The summed E-state index contributed by atoms with van der Waals surface area (Å²) in [7, 11) is 0. The number of rotatable bonds is 21. The van der Waals surface area contributed by atoms with E-state index in [0.717, 1.165) is 79.0 Å². The van der Waals surface area contributed by atoms with E-state index in [1.54, 1.807) is 17.8 Å². The van der Waals surface area contributed by atoms with Crippen molar-refractivity contribution in [2.75, 3.05) is 32.6 Å². The van der Waals surface area contributed by atoms with Crippen molar-refractivity contribution >= 4 is 23.4 Å². The second-order valence-corrected chi connectivity index (χ2v) is 18.9. The highest BCUT2D eigenvalue weighted by atomic mass is 32.2. The first kappa shape index (κ1) is 45.2. The molecule has 2 fully saturated rings. The Labute approximate surface area is 358 Å². The topological polar surface area (TPSA) is 110 Å². The Hall–Kier alpha value is -3.31. The summed E-state index contributed by atoms with van der Waals surface area (Å²) in [5, 5.41) is 24.9. The number of thioether (sulfide) groups is 1. The van der Waals surface area contributed by atoms with Crippen LogP contribution in [-0.4, -0.2) is 76.8 Å². The third kappa shape index (κ3) is 10.8. The van der Waals surface area contributed by atoms with Crippen LogP contribution in [0.5, 0.6) is 17.2 Å². The number of carbonyl (C=O) groups excluding carboxylic acids is 1. The van der Waals surface area contributed by atoms with Gasteiger partial charge in [-0.3, -0.25) is 4.79 Å². The van der Waals surface area contributed by atoms with Crippen LogP contribution in [0.15, 0.2) is 76.8 Å². The second kappa shape index (κ2) is 21.0. The molecule has 6 atom stereocenters. The molecule has 0 aromatic heterocycles. The number of carbonyl (C=O) groups is 1. The molecule has 10 heteroatoms. The molecule has 1 heterocycles. The summed E-state index contributed by atoms with van der Waals surface area (Å²) in [5.41, 5.74) is 2.39. The fourth-order valence-electron chi connectivity index (χ4n) is 10.1. The van der Waals surface area contributed by atoms with Crippen LogP contribution >= 0.6 is 11.8 Å². The number of nitrogens with zero attached hydrogens (tertiary/aromatic N) is 2. The van der Waals surface area contributed by atoms with Gasteiger partial charge in [0.05, 0.1) is 18.2 Å². The number of benzene rings is 2. The lowest BCUT2D eigenvalue weighted by molar-refractivity contribution is -0.257. The van der Waals surface area contributed by atoms with Gasteiger partial charge in [0.1, 0.15) is 28.9 Å². The Morgan fingerprint density at radius 2 is 1.73 bits per heavy atom. The molecule has 4 aliphatic rings. The summed E-state index contributed by atoms with van der Waals surface area (Å²) in [4.78, 5) is 24.3. The first-order valence-electron chi connectivity index (χ1n) is 22.4. The molecule has 0 bridgehead atoms. The zero-order valence-corrected chi connectivity index (χ0v) is 37.2. The van der Waals surface area contributed by atoms with Gasteiger partial charge in [0.15, 0.2) is 0 Å². The smallest absolute Gasteiger partial charge is 0.239 e. The van der Waals surface area contributed by atoms with Gasteiger partial charge in [-0.25, -0.2) is 0 Å². The number of ether oxygens (including phenoxy) is 3. The van der Waals surface area contributed by atoms with Gasteiger partial charge in [-0.05, 0) is 131 Å². The second-order valence-electron chi connectivity index (χ2n) is 18.0. The molecule has 2 aromatic carbocycles. The number of hydrogen-bond donors (Lipinski definition) is 2. The number of hydrogen-bond acceptors (Lipinski definition) is 9. The maximum atomic E-state index is 14.7. The number of aliphatic hydroxyl groups excluding tert-OH is 2. The molecule has 1 aliphatic heterocycles. The molecule has 0 saturated heterocycles. The van der Waals surface area contributed by atoms with Crippen molar-refractivity contribution in [2.24, 2.45) is 28.8 Å². The molecule has 0 spiro atoms. The molecule has 1 amide bonds. The van der Waals surface area contributed by atoms with Gasteiger partial charge in [0.25, 0.3) is 0 Å². The van der Waals surface area contributed by atoms with Gasteiger partial charge in [-0.2, -0.15) is 0 Å². The summed E-state index contributed by atoms with van der Waals surface area (Å²) in [6, 6.07) is 13.8. The first-order chi connectivity index (χ1) is 28.5. The number of amides is 1. The van der Waals surface area contributed by atoms with Gasteiger partial charge >= 0.3 is 0 Å². The highest BCUT2D eigenvalue weighted by Gasteiger charge is 2.65. The van der Waals surface area contributed by atoms with Crippen LogP contribution in [0.3, 0.4) is 0 Å². The van der Waals surface area contributed by atoms with Crippen LogP contribution in [0, 0.1) is 23.7 Å². The Balaban J connectivity index is 1.55. The molecular weight excluding hydrogens is 761 g/mol. The van der Waals surface area contributed by atoms with E-state index < -0.39 is 17.4 Å². The Kier molecular flexibility index (Phi) is 16.1. The zero-order valence-electron chi connectivity index (χ0n) is 36.3. The molecule has 2 saturated carbocycles. The predicted octanol–water partition coefficient (Wildman–Crippen LogP) is 10.8. The van der Waals surface area contributed by atoms with E-state index in [9.17, 15) is 15.0 Å². The molecule has 9 nitrogen and oxygen atoms in total. The van der Waals surface area contributed by atoms with E-state index in [4.69, 9.17) is 24.2 Å². The van der Waals surface area contributed by atoms with Crippen molar-refractivity contribution < 1.29 is 34.1 Å². The Morgan fingerprint density at radius 3 is 2.39 bits per heavy atom. The minimum absolute atomic E-state index is 0.108. The summed E-state index contributed by atoms with van der Waals surface area (Å²) >= 11 is 1.69.